The summed E-state index contributed by atoms with van der Waals surface area (Å²) in [5.41, 5.74) is 4.98. The van der Waals surface area contributed by atoms with Crippen molar-refractivity contribution in [3.8, 4) is 0 Å². The summed E-state index contributed by atoms with van der Waals surface area (Å²) < 4.78 is 0. The topological polar surface area (TPSA) is 12.0 Å². The van der Waals surface area contributed by atoms with Crippen LogP contribution in [0.3, 0.4) is 0 Å². The zero-order valence-electron chi connectivity index (χ0n) is 13.5. The maximum absolute atomic E-state index is 6.17. The summed E-state index contributed by atoms with van der Waals surface area (Å²) in [6.07, 6.45) is 0. The third-order valence-corrected chi connectivity index (χ3v) is 4.24. The molecule has 2 aromatic rings. The van der Waals surface area contributed by atoms with Crippen LogP contribution in [0.2, 0.25) is 5.02 Å². The Morgan fingerprint density at radius 1 is 1.00 bits per heavy atom. The van der Waals surface area contributed by atoms with E-state index in [4.69, 9.17) is 11.6 Å². The lowest BCUT2D eigenvalue weighted by atomic mass is 9.86. The van der Waals surface area contributed by atoms with Gasteiger partial charge < -0.3 is 5.32 Å². The molecule has 2 heteroatoms. The first kappa shape index (κ1) is 15.9. The van der Waals surface area contributed by atoms with E-state index >= 15 is 0 Å². The first-order valence-corrected chi connectivity index (χ1v) is 7.78. The molecule has 1 N–H and O–H groups in total. The average Bonchev–Trinajstić information content (AvgIpc) is 2.42. The molecule has 0 saturated carbocycles. The van der Waals surface area contributed by atoms with Crippen molar-refractivity contribution >= 4 is 17.3 Å². The molecule has 1 unspecified atom stereocenters. The normalized spacial score (nSPS) is 13.0. The second kappa shape index (κ2) is 6.11. The summed E-state index contributed by atoms with van der Waals surface area (Å²) >= 11 is 6.17. The van der Waals surface area contributed by atoms with Gasteiger partial charge in [0, 0.05) is 16.8 Å². The third-order valence-electron chi connectivity index (χ3n) is 3.83. The van der Waals surface area contributed by atoms with Gasteiger partial charge in [-0.2, -0.15) is 0 Å². The Labute approximate surface area is 133 Å². The quantitative estimate of drug-likeness (QED) is 0.720. The van der Waals surface area contributed by atoms with Gasteiger partial charge in [-0.15, -0.1) is 0 Å². The molecule has 2 rings (SSSR count). The number of halogens is 1. The van der Waals surface area contributed by atoms with Gasteiger partial charge in [-0.25, -0.2) is 0 Å². The second-order valence-corrected chi connectivity index (χ2v) is 7.11. The van der Waals surface area contributed by atoms with Crippen LogP contribution in [0, 0.1) is 6.92 Å². The van der Waals surface area contributed by atoms with E-state index < -0.39 is 0 Å². The number of rotatable bonds is 3. The molecule has 0 spiro atoms. The van der Waals surface area contributed by atoms with Gasteiger partial charge in [-0.1, -0.05) is 62.7 Å². The molecule has 0 radical (unpaired) electrons. The van der Waals surface area contributed by atoms with Gasteiger partial charge in [-0.05, 0) is 48.1 Å². The number of hydrogen-bond acceptors (Lipinski definition) is 1. The van der Waals surface area contributed by atoms with Crippen LogP contribution in [0.5, 0.6) is 0 Å². The minimum atomic E-state index is 0.194. The molecule has 21 heavy (non-hydrogen) atoms. The van der Waals surface area contributed by atoms with Gasteiger partial charge in [0.15, 0.2) is 0 Å². The molecule has 1 atom stereocenters. The van der Waals surface area contributed by atoms with Crippen molar-refractivity contribution in [1.29, 1.82) is 0 Å². The molecule has 0 aliphatic rings. The molecule has 0 amide bonds. The SMILES string of the molecule is Cc1ccc(NC(C)c2ccc(C(C)(C)C)cc2)cc1Cl. The molecule has 0 aliphatic heterocycles. The molecule has 0 saturated heterocycles. The molecule has 0 aliphatic carbocycles. The lowest BCUT2D eigenvalue weighted by Crippen LogP contribution is -2.12. The highest BCUT2D eigenvalue weighted by molar-refractivity contribution is 6.31. The van der Waals surface area contributed by atoms with Crippen LogP contribution in [-0.2, 0) is 5.41 Å². The van der Waals surface area contributed by atoms with Crippen LogP contribution in [0.1, 0.15) is 50.4 Å². The summed E-state index contributed by atoms with van der Waals surface area (Å²) in [6.45, 7) is 10.9. The van der Waals surface area contributed by atoms with Crippen LogP contribution in [0.15, 0.2) is 42.5 Å². The number of anilines is 1. The highest BCUT2D eigenvalue weighted by Gasteiger charge is 2.14. The van der Waals surface area contributed by atoms with E-state index in [0.29, 0.717) is 0 Å². The molecule has 0 bridgehead atoms. The number of nitrogens with one attached hydrogen (secondary N) is 1. The van der Waals surface area contributed by atoms with Crippen LogP contribution >= 0.6 is 11.6 Å². The van der Waals surface area contributed by atoms with Crippen molar-refractivity contribution in [2.75, 3.05) is 5.32 Å². The second-order valence-electron chi connectivity index (χ2n) is 6.70. The summed E-state index contributed by atoms with van der Waals surface area (Å²) in [7, 11) is 0. The number of hydrogen-bond donors (Lipinski definition) is 1. The smallest absolute Gasteiger partial charge is 0.0485 e. The molecule has 0 heterocycles. The van der Waals surface area contributed by atoms with Crippen molar-refractivity contribution in [3.05, 3.63) is 64.2 Å². The number of benzene rings is 2. The molecule has 0 fully saturated rings. The lowest BCUT2D eigenvalue weighted by molar-refractivity contribution is 0.589. The van der Waals surface area contributed by atoms with Gasteiger partial charge in [0.25, 0.3) is 0 Å². The molecule has 2 aromatic carbocycles. The Morgan fingerprint density at radius 3 is 2.14 bits per heavy atom. The molecular weight excluding hydrogens is 278 g/mol. The van der Waals surface area contributed by atoms with E-state index in [0.717, 1.165) is 16.3 Å². The summed E-state index contributed by atoms with van der Waals surface area (Å²) in [4.78, 5) is 0. The van der Waals surface area contributed by atoms with Gasteiger partial charge >= 0.3 is 0 Å². The van der Waals surface area contributed by atoms with E-state index in [1.807, 2.05) is 19.1 Å². The van der Waals surface area contributed by atoms with Crippen molar-refractivity contribution in [2.45, 2.75) is 46.1 Å². The van der Waals surface area contributed by atoms with Crippen molar-refractivity contribution in [1.82, 2.24) is 0 Å². The Hall–Kier alpha value is -1.47. The zero-order chi connectivity index (χ0) is 15.6. The third kappa shape index (κ3) is 4.01. The molecular formula is C19H24ClN. The van der Waals surface area contributed by atoms with Crippen molar-refractivity contribution in [2.24, 2.45) is 0 Å². The summed E-state index contributed by atoms with van der Waals surface area (Å²) in [5.74, 6) is 0. The van der Waals surface area contributed by atoms with Crippen LogP contribution in [-0.4, -0.2) is 0 Å². The fourth-order valence-corrected chi connectivity index (χ4v) is 2.47. The molecule has 0 aromatic heterocycles. The Kier molecular flexibility index (Phi) is 4.63. The monoisotopic (exact) mass is 301 g/mol. The first-order valence-electron chi connectivity index (χ1n) is 7.40. The van der Waals surface area contributed by atoms with Crippen molar-refractivity contribution in [3.63, 3.8) is 0 Å². The summed E-state index contributed by atoms with van der Waals surface area (Å²) in [6, 6.07) is 15.2. The molecule has 1 nitrogen and oxygen atoms in total. The van der Waals surface area contributed by atoms with Crippen LogP contribution < -0.4 is 5.32 Å². The van der Waals surface area contributed by atoms with Crippen LogP contribution in [0.25, 0.3) is 0 Å². The minimum Gasteiger partial charge on any atom is -0.378 e. The van der Waals surface area contributed by atoms with Crippen molar-refractivity contribution < 1.29 is 0 Å². The Bertz CT molecular complexity index is 608. The van der Waals surface area contributed by atoms with Gasteiger partial charge in [0.05, 0.1) is 0 Å². The lowest BCUT2D eigenvalue weighted by Gasteiger charge is -2.21. The fourth-order valence-electron chi connectivity index (χ4n) is 2.29. The maximum Gasteiger partial charge on any atom is 0.0485 e. The number of aryl methyl sites for hydroxylation is 1. The van der Waals surface area contributed by atoms with Gasteiger partial charge in [0.2, 0.25) is 0 Å². The maximum atomic E-state index is 6.17. The predicted molar refractivity (Wildman–Crippen MR) is 93.4 cm³/mol. The van der Waals surface area contributed by atoms with E-state index in [1.54, 1.807) is 0 Å². The Balaban J connectivity index is 2.13. The van der Waals surface area contributed by atoms with E-state index in [-0.39, 0.29) is 11.5 Å². The fraction of sp³-hybridized carbons (Fsp3) is 0.368. The van der Waals surface area contributed by atoms with E-state index in [2.05, 4.69) is 63.3 Å². The average molecular weight is 302 g/mol. The minimum absolute atomic E-state index is 0.194. The highest BCUT2D eigenvalue weighted by Crippen LogP contribution is 2.26. The van der Waals surface area contributed by atoms with Crippen LogP contribution in [0.4, 0.5) is 5.69 Å². The zero-order valence-corrected chi connectivity index (χ0v) is 14.3. The van der Waals surface area contributed by atoms with Gasteiger partial charge in [0.1, 0.15) is 0 Å². The predicted octanol–water partition coefficient (Wildman–Crippen LogP) is 6.12. The Morgan fingerprint density at radius 2 is 1.62 bits per heavy atom. The van der Waals surface area contributed by atoms with Gasteiger partial charge in [-0.3, -0.25) is 0 Å². The summed E-state index contributed by atoms with van der Waals surface area (Å²) in [5, 5.41) is 4.30. The largest absolute Gasteiger partial charge is 0.378 e. The molecule has 112 valence electrons. The van der Waals surface area contributed by atoms with E-state index in [9.17, 15) is 0 Å². The standard InChI is InChI=1S/C19H24ClN/c1-13-6-11-17(12-18(13)20)21-14(2)15-7-9-16(10-8-15)19(3,4)5/h6-12,14,21H,1-5H3. The highest BCUT2D eigenvalue weighted by atomic mass is 35.5. The first-order chi connectivity index (χ1) is 9.77. The van der Waals surface area contributed by atoms with E-state index in [1.165, 1.54) is 11.1 Å².